The molecule has 4 nitrogen and oxygen atoms in total. The van der Waals surface area contributed by atoms with Crippen LogP contribution in [0, 0.1) is 0 Å². The number of nitrogens with two attached hydrogens (primary N) is 1. The van der Waals surface area contributed by atoms with Crippen molar-refractivity contribution in [1.29, 1.82) is 0 Å². The maximum atomic E-state index is 12.5. The minimum absolute atomic E-state index is 0.180. The molecular formula is C13H27N3O. The maximum absolute atomic E-state index is 12.5. The maximum Gasteiger partial charge on any atom is 0.320 e. The van der Waals surface area contributed by atoms with Gasteiger partial charge >= 0.3 is 6.03 Å². The van der Waals surface area contributed by atoms with Crippen molar-refractivity contribution in [2.75, 3.05) is 26.2 Å². The fourth-order valence-electron chi connectivity index (χ4n) is 2.34. The highest BCUT2D eigenvalue weighted by Crippen LogP contribution is 2.22. The van der Waals surface area contributed by atoms with E-state index in [-0.39, 0.29) is 11.6 Å². The number of hydrogen-bond acceptors (Lipinski definition) is 2. The Hall–Kier alpha value is -0.770. The molecule has 1 unspecified atom stereocenters. The third-order valence-electron chi connectivity index (χ3n) is 3.91. The summed E-state index contributed by atoms with van der Waals surface area (Å²) in [7, 11) is 0. The standard InChI is InChI=1S/C13H27N3O/c1-4-8-16(13(3,5-2)11-14)12(17)15-9-6-7-10-15/h4-11,14H2,1-3H3. The molecule has 0 radical (unpaired) electrons. The van der Waals surface area contributed by atoms with Crippen LogP contribution in [-0.2, 0) is 0 Å². The molecule has 2 N–H and O–H groups in total. The molecule has 0 spiro atoms. The molecule has 1 aliphatic heterocycles. The van der Waals surface area contributed by atoms with Crippen molar-refractivity contribution >= 4 is 6.03 Å². The second kappa shape index (κ2) is 6.24. The van der Waals surface area contributed by atoms with E-state index in [2.05, 4.69) is 20.8 Å². The van der Waals surface area contributed by atoms with E-state index in [1.807, 2.05) is 9.80 Å². The Morgan fingerprint density at radius 3 is 2.35 bits per heavy atom. The van der Waals surface area contributed by atoms with Crippen LogP contribution in [0.1, 0.15) is 46.5 Å². The summed E-state index contributed by atoms with van der Waals surface area (Å²) in [6.07, 6.45) is 4.16. The minimum atomic E-state index is -0.199. The molecule has 0 aromatic rings. The third-order valence-corrected chi connectivity index (χ3v) is 3.91. The molecule has 100 valence electrons. The second-order valence-electron chi connectivity index (χ2n) is 5.18. The smallest absolute Gasteiger partial charge is 0.320 e. The average molecular weight is 241 g/mol. The van der Waals surface area contributed by atoms with Crippen molar-refractivity contribution in [3.8, 4) is 0 Å². The second-order valence-corrected chi connectivity index (χ2v) is 5.18. The molecule has 0 bridgehead atoms. The number of amides is 2. The van der Waals surface area contributed by atoms with Gasteiger partial charge in [-0.25, -0.2) is 4.79 Å². The highest BCUT2D eigenvalue weighted by Gasteiger charge is 2.35. The summed E-state index contributed by atoms with van der Waals surface area (Å²) < 4.78 is 0. The normalized spacial score (nSPS) is 19.2. The lowest BCUT2D eigenvalue weighted by atomic mass is 9.96. The fraction of sp³-hybridized carbons (Fsp3) is 0.923. The van der Waals surface area contributed by atoms with Crippen LogP contribution in [0.15, 0.2) is 0 Å². The largest absolute Gasteiger partial charge is 0.328 e. The summed E-state index contributed by atoms with van der Waals surface area (Å²) in [5.41, 5.74) is 5.67. The zero-order valence-electron chi connectivity index (χ0n) is 11.5. The van der Waals surface area contributed by atoms with Crippen molar-refractivity contribution in [3.05, 3.63) is 0 Å². The zero-order valence-corrected chi connectivity index (χ0v) is 11.5. The molecule has 1 atom stereocenters. The molecule has 2 amide bonds. The Bertz CT molecular complexity index is 245. The average Bonchev–Trinajstić information content (AvgIpc) is 2.88. The van der Waals surface area contributed by atoms with Crippen LogP contribution >= 0.6 is 0 Å². The third kappa shape index (κ3) is 3.12. The molecule has 1 fully saturated rings. The molecule has 1 saturated heterocycles. The number of carbonyl (C=O) groups is 1. The van der Waals surface area contributed by atoms with Crippen LogP contribution in [0.5, 0.6) is 0 Å². The number of hydrogen-bond donors (Lipinski definition) is 1. The lowest BCUT2D eigenvalue weighted by Crippen LogP contribution is -2.57. The first kappa shape index (κ1) is 14.3. The first-order valence-electron chi connectivity index (χ1n) is 6.85. The Labute approximate surface area is 105 Å². The quantitative estimate of drug-likeness (QED) is 0.801. The van der Waals surface area contributed by atoms with Crippen molar-refractivity contribution in [2.24, 2.45) is 5.73 Å². The van der Waals surface area contributed by atoms with Crippen molar-refractivity contribution < 1.29 is 4.79 Å². The van der Waals surface area contributed by atoms with Gasteiger partial charge < -0.3 is 15.5 Å². The van der Waals surface area contributed by atoms with Crippen LogP contribution in [0.25, 0.3) is 0 Å². The van der Waals surface area contributed by atoms with E-state index < -0.39 is 0 Å². The first-order valence-corrected chi connectivity index (χ1v) is 6.85. The van der Waals surface area contributed by atoms with Gasteiger partial charge in [0, 0.05) is 26.2 Å². The molecule has 17 heavy (non-hydrogen) atoms. The van der Waals surface area contributed by atoms with Crippen LogP contribution in [0.3, 0.4) is 0 Å². The highest BCUT2D eigenvalue weighted by atomic mass is 16.2. The summed E-state index contributed by atoms with van der Waals surface area (Å²) in [6, 6.07) is 0.180. The lowest BCUT2D eigenvalue weighted by molar-refractivity contribution is 0.0992. The topological polar surface area (TPSA) is 49.6 Å². The van der Waals surface area contributed by atoms with E-state index in [9.17, 15) is 4.79 Å². The van der Waals surface area contributed by atoms with Gasteiger partial charge in [-0.3, -0.25) is 0 Å². The summed E-state index contributed by atoms with van der Waals surface area (Å²) in [5.74, 6) is 0. The number of likely N-dealkylation sites (tertiary alicyclic amines) is 1. The van der Waals surface area contributed by atoms with Gasteiger partial charge in [0.2, 0.25) is 0 Å². The molecule has 1 rings (SSSR count). The first-order chi connectivity index (χ1) is 8.09. The van der Waals surface area contributed by atoms with E-state index in [1.165, 1.54) is 0 Å². The lowest BCUT2D eigenvalue weighted by Gasteiger charge is -2.42. The SMILES string of the molecule is CCCN(C(=O)N1CCCC1)C(C)(CC)CN. The van der Waals surface area contributed by atoms with E-state index in [0.29, 0.717) is 6.54 Å². The highest BCUT2D eigenvalue weighted by molar-refractivity contribution is 5.75. The van der Waals surface area contributed by atoms with E-state index >= 15 is 0 Å². The Kier molecular flexibility index (Phi) is 5.25. The fourth-order valence-corrected chi connectivity index (χ4v) is 2.34. The van der Waals surface area contributed by atoms with Crippen molar-refractivity contribution in [3.63, 3.8) is 0 Å². The van der Waals surface area contributed by atoms with Crippen LogP contribution < -0.4 is 5.73 Å². The molecule has 0 aromatic carbocycles. The van der Waals surface area contributed by atoms with Crippen LogP contribution in [-0.4, -0.2) is 47.5 Å². The summed E-state index contributed by atoms with van der Waals surface area (Å²) in [4.78, 5) is 16.5. The van der Waals surface area contributed by atoms with E-state index in [0.717, 1.165) is 45.3 Å². The van der Waals surface area contributed by atoms with Gasteiger partial charge in [-0.05, 0) is 32.6 Å². The molecule has 0 aliphatic carbocycles. The van der Waals surface area contributed by atoms with E-state index in [4.69, 9.17) is 5.73 Å². The summed E-state index contributed by atoms with van der Waals surface area (Å²) in [6.45, 7) is 9.45. The van der Waals surface area contributed by atoms with Gasteiger partial charge in [0.05, 0.1) is 5.54 Å². The monoisotopic (exact) mass is 241 g/mol. The van der Waals surface area contributed by atoms with Crippen molar-refractivity contribution in [2.45, 2.75) is 52.0 Å². The van der Waals surface area contributed by atoms with Gasteiger partial charge in [0.15, 0.2) is 0 Å². The number of rotatable bonds is 5. The van der Waals surface area contributed by atoms with Crippen LogP contribution in [0.2, 0.25) is 0 Å². The van der Waals surface area contributed by atoms with Gasteiger partial charge in [0.25, 0.3) is 0 Å². The Balaban J connectivity index is 2.79. The van der Waals surface area contributed by atoms with Crippen molar-refractivity contribution in [1.82, 2.24) is 9.80 Å². The molecule has 0 saturated carbocycles. The predicted octanol–water partition coefficient (Wildman–Crippen LogP) is 2.04. The summed E-state index contributed by atoms with van der Waals surface area (Å²) in [5, 5.41) is 0. The predicted molar refractivity (Wildman–Crippen MR) is 71.0 cm³/mol. The molecule has 1 aliphatic rings. The van der Waals surface area contributed by atoms with E-state index in [1.54, 1.807) is 0 Å². The van der Waals surface area contributed by atoms with Gasteiger partial charge in [-0.2, -0.15) is 0 Å². The molecule has 4 heteroatoms. The summed E-state index contributed by atoms with van der Waals surface area (Å²) >= 11 is 0. The Morgan fingerprint density at radius 2 is 1.94 bits per heavy atom. The number of urea groups is 1. The van der Waals surface area contributed by atoms with Gasteiger partial charge in [-0.15, -0.1) is 0 Å². The molecular weight excluding hydrogens is 214 g/mol. The zero-order chi connectivity index (χ0) is 12.9. The van der Waals surface area contributed by atoms with Gasteiger partial charge in [-0.1, -0.05) is 13.8 Å². The number of nitrogens with zero attached hydrogens (tertiary/aromatic N) is 2. The van der Waals surface area contributed by atoms with Crippen LogP contribution in [0.4, 0.5) is 4.79 Å². The molecule has 1 heterocycles. The number of carbonyl (C=O) groups excluding carboxylic acids is 1. The molecule has 0 aromatic heterocycles. The van der Waals surface area contributed by atoms with Gasteiger partial charge in [0.1, 0.15) is 0 Å². The Morgan fingerprint density at radius 1 is 1.35 bits per heavy atom. The minimum Gasteiger partial charge on any atom is -0.328 e.